The Labute approximate surface area is 214 Å². The number of nitrogens with one attached hydrogen (secondary N) is 1. The van der Waals surface area contributed by atoms with Crippen molar-refractivity contribution >= 4 is 29.9 Å². The summed E-state index contributed by atoms with van der Waals surface area (Å²) in [5.41, 5.74) is 1.06. The highest BCUT2D eigenvalue weighted by atomic mass is 127. The van der Waals surface area contributed by atoms with Crippen molar-refractivity contribution in [1.82, 2.24) is 15.1 Å². The number of aliphatic imine (C=N–C) groups is 1. The van der Waals surface area contributed by atoms with Gasteiger partial charge in [0.2, 0.25) is 0 Å². The Hall–Kier alpha value is -1.98. The maximum absolute atomic E-state index is 5.99. The van der Waals surface area contributed by atoms with E-state index >= 15 is 0 Å². The summed E-state index contributed by atoms with van der Waals surface area (Å²) in [5, 5.41) is 3.41. The van der Waals surface area contributed by atoms with Gasteiger partial charge in [-0.25, -0.2) is 0 Å². The van der Waals surface area contributed by atoms with E-state index in [-0.39, 0.29) is 30.0 Å². The predicted octanol–water partition coefficient (Wildman–Crippen LogP) is 3.69. The van der Waals surface area contributed by atoms with E-state index in [0.29, 0.717) is 13.1 Å². The Morgan fingerprint density at radius 1 is 1.18 bits per heavy atom. The molecule has 1 aliphatic rings. The van der Waals surface area contributed by atoms with Gasteiger partial charge in [0.05, 0.1) is 40.0 Å². The summed E-state index contributed by atoms with van der Waals surface area (Å²) >= 11 is 0. The van der Waals surface area contributed by atoms with E-state index in [0.717, 1.165) is 67.4 Å². The lowest BCUT2D eigenvalue weighted by Crippen LogP contribution is -2.42. The fourth-order valence-electron chi connectivity index (χ4n) is 3.86. The first-order valence-electron chi connectivity index (χ1n) is 11.1. The smallest absolute Gasteiger partial charge is 0.194 e. The van der Waals surface area contributed by atoms with Crippen molar-refractivity contribution < 1.29 is 18.6 Å². The first-order chi connectivity index (χ1) is 15.5. The number of hydrogen-bond acceptors (Lipinski definition) is 6. The Kier molecular flexibility index (Phi) is 11.3. The molecular formula is C24H37IN4O4. The monoisotopic (exact) mass is 572 g/mol. The topological polar surface area (TPSA) is 71.7 Å². The first kappa shape index (κ1) is 27.3. The van der Waals surface area contributed by atoms with Crippen molar-refractivity contribution in [2.24, 2.45) is 4.99 Å². The van der Waals surface area contributed by atoms with E-state index in [2.05, 4.69) is 28.1 Å². The number of nitrogens with zero attached hydrogens (tertiary/aromatic N) is 3. The molecule has 3 rings (SSSR count). The first-order valence-corrected chi connectivity index (χ1v) is 11.1. The number of ether oxygens (including phenoxy) is 3. The summed E-state index contributed by atoms with van der Waals surface area (Å²) in [6.45, 7) is 9.29. The van der Waals surface area contributed by atoms with Gasteiger partial charge in [0, 0.05) is 44.9 Å². The van der Waals surface area contributed by atoms with Crippen LogP contribution in [-0.4, -0.2) is 76.4 Å². The van der Waals surface area contributed by atoms with E-state index in [1.165, 1.54) is 0 Å². The zero-order valence-corrected chi connectivity index (χ0v) is 22.6. The third-order valence-corrected chi connectivity index (χ3v) is 5.59. The molecule has 9 heteroatoms. The van der Waals surface area contributed by atoms with Gasteiger partial charge >= 0.3 is 0 Å². The van der Waals surface area contributed by atoms with Crippen LogP contribution in [0, 0.1) is 6.92 Å². The highest BCUT2D eigenvalue weighted by Gasteiger charge is 2.25. The fraction of sp³-hybridized carbons (Fsp3) is 0.542. The quantitative estimate of drug-likeness (QED) is 0.279. The van der Waals surface area contributed by atoms with Gasteiger partial charge in [-0.05, 0) is 38.1 Å². The molecule has 1 saturated heterocycles. The third kappa shape index (κ3) is 7.51. The van der Waals surface area contributed by atoms with Gasteiger partial charge in [-0.2, -0.15) is 0 Å². The van der Waals surface area contributed by atoms with Crippen LogP contribution in [0.25, 0.3) is 0 Å². The minimum absolute atomic E-state index is 0. The maximum atomic E-state index is 5.99. The molecule has 0 aliphatic carbocycles. The molecule has 0 spiro atoms. The minimum atomic E-state index is 0. The Balaban J connectivity index is 0.00000385. The molecule has 1 fully saturated rings. The van der Waals surface area contributed by atoms with Crippen molar-refractivity contribution in [3.05, 3.63) is 47.4 Å². The Bertz CT molecular complexity index is 883. The van der Waals surface area contributed by atoms with Crippen LogP contribution in [0.1, 0.15) is 30.0 Å². The molecule has 2 heterocycles. The Morgan fingerprint density at radius 2 is 1.94 bits per heavy atom. The molecule has 1 unspecified atom stereocenters. The second-order valence-corrected chi connectivity index (χ2v) is 7.84. The van der Waals surface area contributed by atoms with Gasteiger partial charge in [-0.15, -0.1) is 24.0 Å². The number of furan rings is 1. The van der Waals surface area contributed by atoms with Gasteiger partial charge in [0.1, 0.15) is 23.0 Å². The number of aryl methyl sites for hydroxylation is 1. The zero-order chi connectivity index (χ0) is 22.9. The van der Waals surface area contributed by atoms with Gasteiger partial charge in [-0.1, -0.05) is 0 Å². The van der Waals surface area contributed by atoms with Crippen LogP contribution >= 0.6 is 24.0 Å². The van der Waals surface area contributed by atoms with Crippen molar-refractivity contribution in [2.45, 2.75) is 26.4 Å². The molecule has 1 N–H and O–H groups in total. The van der Waals surface area contributed by atoms with Crippen molar-refractivity contribution in [1.29, 1.82) is 0 Å². The molecule has 0 amide bonds. The van der Waals surface area contributed by atoms with Crippen LogP contribution in [0.5, 0.6) is 11.5 Å². The Morgan fingerprint density at radius 3 is 2.55 bits per heavy atom. The van der Waals surface area contributed by atoms with E-state index in [4.69, 9.17) is 23.6 Å². The normalized spacial score (nSPS) is 15.5. The third-order valence-electron chi connectivity index (χ3n) is 5.59. The largest absolute Gasteiger partial charge is 0.497 e. The molecule has 8 nitrogen and oxygen atoms in total. The number of benzene rings is 1. The van der Waals surface area contributed by atoms with Crippen LogP contribution < -0.4 is 14.8 Å². The molecule has 33 heavy (non-hydrogen) atoms. The molecule has 0 saturated carbocycles. The number of halogens is 1. The average molecular weight is 572 g/mol. The highest BCUT2D eigenvalue weighted by Crippen LogP contribution is 2.26. The number of guanidine groups is 1. The summed E-state index contributed by atoms with van der Waals surface area (Å²) in [4.78, 5) is 9.48. The molecule has 1 aliphatic heterocycles. The highest BCUT2D eigenvalue weighted by molar-refractivity contribution is 14.0. The lowest BCUT2D eigenvalue weighted by atomic mass is 10.1. The maximum Gasteiger partial charge on any atom is 0.194 e. The number of hydrogen-bond donors (Lipinski definition) is 1. The molecule has 1 aromatic carbocycles. The second-order valence-electron chi connectivity index (χ2n) is 7.84. The van der Waals surface area contributed by atoms with Gasteiger partial charge in [-0.3, -0.25) is 9.89 Å². The predicted molar refractivity (Wildman–Crippen MR) is 141 cm³/mol. The lowest BCUT2D eigenvalue weighted by Gasteiger charge is -2.33. The summed E-state index contributed by atoms with van der Waals surface area (Å²) in [6, 6.07) is 10.0. The lowest BCUT2D eigenvalue weighted by molar-refractivity contribution is 0.0135. The van der Waals surface area contributed by atoms with Gasteiger partial charge in [0.15, 0.2) is 5.96 Å². The van der Waals surface area contributed by atoms with Crippen LogP contribution in [0.4, 0.5) is 0 Å². The molecule has 0 bridgehead atoms. The summed E-state index contributed by atoms with van der Waals surface area (Å²) in [7, 11) is 5.36. The summed E-state index contributed by atoms with van der Waals surface area (Å²) < 4.78 is 22.4. The molecular weight excluding hydrogens is 535 g/mol. The van der Waals surface area contributed by atoms with Crippen LogP contribution in [0.15, 0.2) is 39.7 Å². The van der Waals surface area contributed by atoms with Gasteiger partial charge in [0.25, 0.3) is 0 Å². The summed E-state index contributed by atoms with van der Waals surface area (Å²) in [6.07, 6.45) is 0. The summed E-state index contributed by atoms with van der Waals surface area (Å²) in [5.74, 6) is 4.27. The molecule has 1 atom stereocenters. The number of rotatable bonds is 9. The van der Waals surface area contributed by atoms with Crippen LogP contribution in [-0.2, 0) is 11.3 Å². The van der Waals surface area contributed by atoms with E-state index < -0.39 is 0 Å². The molecule has 2 aromatic rings. The SMILES string of the molecule is CCNC(=NCC(c1ccc(C)o1)N1CCOCC1)N(C)Cc1ccc(OC)cc1OC.I. The number of methoxy groups -OCH3 is 2. The van der Waals surface area contributed by atoms with Crippen molar-refractivity contribution in [2.75, 3.05) is 60.7 Å². The average Bonchev–Trinajstić information content (AvgIpc) is 3.25. The van der Waals surface area contributed by atoms with E-state index in [1.807, 2.05) is 38.2 Å². The van der Waals surface area contributed by atoms with E-state index in [9.17, 15) is 0 Å². The van der Waals surface area contributed by atoms with E-state index in [1.54, 1.807) is 14.2 Å². The number of morpholine rings is 1. The van der Waals surface area contributed by atoms with Crippen molar-refractivity contribution in [3.8, 4) is 11.5 Å². The van der Waals surface area contributed by atoms with Gasteiger partial charge < -0.3 is 28.8 Å². The molecule has 0 radical (unpaired) electrons. The zero-order valence-electron chi connectivity index (χ0n) is 20.3. The van der Waals surface area contributed by atoms with Crippen LogP contribution in [0.2, 0.25) is 0 Å². The molecule has 1 aromatic heterocycles. The van der Waals surface area contributed by atoms with Crippen molar-refractivity contribution in [3.63, 3.8) is 0 Å². The minimum Gasteiger partial charge on any atom is -0.497 e. The molecule has 184 valence electrons. The fourth-order valence-corrected chi connectivity index (χ4v) is 3.86. The standard InChI is InChI=1S/C24H36N4O4.HI/c1-6-25-24(27(3)17-19-8-9-20(29-4)15-23(19)30-5)26-16-21(22-10-7-18(2)32-22)28-11-13-31-14-12-28;/h7-10,15,21H,6,11-14,16-17H2,1-5H3,(H,25,26);1H. The van der Waals surface area contributed by atoms with Crippen LogP contribution in [0.3, 0.4) is 0 Å². The second kappa shape index (κ2) is 13.7.